The zero-order chi connectivity index (χ0) is 14.2. The number of nitro groups is 1. The molecule has 19 heavy (non-hydrogen) atoms. The van der Waals surface area contributed by atoms with E-state index in [2.05, 4.69) is 15.1 Å². The van der Waals surface area contributed by atoms with E-state index in [0.29, 0.717) is 0 Å². The summed E-state index contributed by atoms with van der Waals surface area (Å²) in [6.07, 6.45) is 0. The number of nitrogens with zero attached hydrogens (tertiary/aromatic N) is 5. The number of nitrogens with two attached hydrogens (primary N) is 1. The van der Waals surface area contributed by atoms with E-state index in [9.17, 15) is 10.1 Å². The molecule has 0 aliphatic heterocycles. The molecular formula is C10H12N6O2S. The van der Waals surface area contributed by atoms with Crippen molar-refractivity contribution in [2.45, 2.75) is 23.9 Å². The van der Waals surface area contributed by atoms with Crippen LogP contribution in [0.1, 0.15) is 11.4 Å². The standard InChI is InChI=1S/C10H12N6O2S/c1-5-4-7(15(3)14-5)19-9-8(16(17)18)6(2)12-10(11)13-9/h4H,1-3H3,(H2,11,12,13). The maximum absolute atomic E-state index is 11.1. The Bertz CT molecular complexity index is 654. The molecule has 0 spiro atoms. The van der Waals surface area contributed by atoms with Crippen molar-refractivity contribution in [3.63, 3.8) is 0 Å². The first-order valence-electron chi connectivity index (χ1n) is 5.35. The van der Waals surface area contributed by atoms with Crippen LogP contribution in [-0.4, -0.2) is 24.7 Å². The van der Waals surface area contributed by atoms with Gasteiger partial charge in [-0.2, -0.15) is 10.1 Å². The van der Waals surface area contributed by atoms with Gasteiger partial charge in [-0.05, 0) is 31.7 Å². The van der Waals surface area contributed by atoms with Gasteiger partial charge in [0.25, 0.3) is 0 Å². The van der Waals surface area contributed by atoms with E-state index >= 15 is 0 Å². The van der Waals surface area contributed by atoms with Crippen molar-refractivity contribution < 1.29 is 4.92 Å². The third kappa shape index (κ3) is 2.65. The van der Waals surface area contributed by atoms with Crippen LogP contribution in [0, 0.1) is 24.0 Å². The number of aromatic nitrogens is 4. The first-order chi connectivity index (χ1) is 8.88. The third-order valence-electron chi connectivity index (χ3n) is 2.39. The monoisotopic (exact) mass is 280 g/mol. The van der Waals surface area contributed by atoms with Crippen LogP contribution < -0.4 is 5.73 Å². The minimum atomic E-state index is -0.500. The Morgan fingerprint density at radius 3 is 2.63 bits per heavy atom. The van der Waals surface area contributed by atoms with Crippen LogP contribution >= 0.6 is 11.8 Å². The molecule has 0 saturated carbocycles. The molecule has 9 heteroatoms. The lowest BCUT2D eigenvalue weighted by molar-refractivity contribution is -0.389. The highest BCUT2D eigenvalue weighted by molar-refractivity contribution is 7.99. The van der Waals surface area contributed by atoms with Crippen LogP contribution in [0.3, 0.4) is 0 Å². The van der Waals surface area contributed by atoms with Crippen LogP contribution in [0.25, 0.3) is 0 Å². The van der Waals surface area contributed by atoms with E-state index < -0.39 is 4.92 Å². The van der Waals surface area contributed by atoms with Gasteiger partial charge in [0, 0.05) is 7.05 Å². The molecule has 8 nitrogen and oxygen atoms in total. The Hall–Kier alpha value is -2.16. The molecule has 2 rings (SSSR count). The molecule has 0 atom stereocenters. The van der Waals surface area contributed by atoms with Crippen LogP contribution in [0.4, 0.5) is 11.6 Å². The average molecular weight is 280 g/mol. The summed E-state index contributed by atoms with van der Waals surface area (Å²) in [6.45, 7) is 3.38. The number of rotatable bonds is 3. The molecule has 0 amide bonds. The van der Waals surface area contributed by atoms with Gasteiger partial charge in [0.1, 0.15) is 10.7 Å². The zero-order valence-electron chi connectivity index (χ0n) is 10.6. The van der Waals surface area contributed by atoms with E-state index in [1.54, 1.807) is 11.7 Å². The minimum absolute atomic E-state index is 0.0180. The van der Waals surface area contributed by atoms with Gasteiger partial charge in [-0.1, -0.05) is 0 Å². The number of aryl methyl sites for hydroxylation is 3. The van der Waals surface area contributed by atoms with E-state index in [0.717, 1.165) is 22.5 Å². The van der Waals surface area contributed by atoms with Gasteiger partial charge in [0.15, 0.2) is 5.03 Å². The number of hydrogen-bond donors (Lipinski definition) is 1. The van der Waals surface area contributed by atoms with E-state index in [1.165, 1.54) is 6.92 Å². The van der Waals surface area contributed by atoms with Gasteiger partial charge in [0.2, 0.25) is 5.95 Å². The molecular weight excluding hydrogens is 268 g/mol. The largest absolute Gasteiger partial charge is 0.368 e. The smallest absolute Gasteiger partial charge is 0.322 e. The molecule has 0 saturated heterocycles. The number of anilines is 1. The van der Waals surface area contributed by atoms with Gasteiger partial charge in [0.05, 0.1) is 10.6 Å². The van der Waals surface area contributed by atoms with Crippen molar-refractivity contribution in [3.8, 4) is 0 Å². The highest BCUT2D eigenvalue weighted by Gasteiger charge is 2.23. The maximum Gasteiger partial charge on any atom is 0.322 e. The van der Waals surface area contributed by atoms with Gasteiger partial charge < -0.3 is 5.73 Å². The Balaban J connectivity index is 2.50. The van der Waals surface area contributed by atoms with Crippen molar-refractivity contribution in [1.29, 1.82) is 0 Å². The van der Waals surface area contributed by atoms with Gasteiger partial charge >= 0.3 is 5.69 Å². The van der Waals surface area contributed by atoms with Crippen molar-refractivity contribution in [2.24, 2.45) is 7.05 Å². The topological polar surface area (TPSA) is 113 Å². The van der Waals surface area contributed by atoms with Crippen molar-refractivity contribution in [2.75, 3.05) is 5.73 Å². The van der Waals surface area contributed by atoms with Crippen LogP contribution in [0.2, 0.25) is 0 Å². The molecule has 0 aliphatic rings. The highest BCUT2D eigenvalue weighted by Crippen LogP contribution is 2.34. The van der Waals surface area contributed by atoms with Crippen LogP contribution in [-0.2, 0) is 7.05 Å². The summed E-state index contributed by atoms with van der Waals surface area (Å²) in [7, 11) is 1.76. The average Bonchev–Trinajstić information content (AvgIpc) is 2.55. The summed E-state index contributed by atoms with van der Waals surface area (Å²) in [4.78, 5) is 18.3. The first kappa shape index (κ1) is 13.3. The van der Waals surface area contributed by atoms with Crippen molar-refractivity contribution in [1.82, 2.24) is 19.7 Å². The second-order valence-corrected chi connectivity index (χ2v) is 4.94. The second-order valence-electron chi connectivity index (χ2n) is 3.93. The summed E-state index contributed by atoms with van der Waals surface area (Å²) in [6, 6.07) is 1.82. The van der Waals surface area contributed by atoms with Crippen LogP contribution in [0.5, 0.6) is 0 Å². The van der Waals surface area contributed by atoms with E-state index in [1.807, 2.05) is 13.0 Å². The van der Waals surface area contributed by atoms with Gasteiger partial charge in [-0.3, -0.25) is 14.8 Å². The predicted molar refractivity (Wildman–Crippen MR) is 69.9 cm³/mol. The lowest BCUT2D eigenvalue weighted by Crippen LogP contribution is -2.04. The minimum Gasteiger partial charge on any atom is -0.368 e. The number of hydrogen-bond acceptors (Lipinski definition) is 7. The Morgan fingerprint density at radius 1 is 1.42 bits per heavy atom. The normalized spacial score (nSPS) is 10.7. The molecule has 2 heterocycles. The quantitative estimate of drug-likeness (QED) is 0.514. The summed E-state index contributed by atoms with van der Waals surface area (Å²) in [5, 5.41) is 16.2. The fourth-order valence-electron chi connectivity index (χ4n) is 1.62. The molecule has 0 fully saturated rings. The molecule has 0 radical (unpaired) electrons. The molecule has 0 unspecified atom stereocenters. The summed E-state index contributed by atoms with van der Waals surface area (Å²) < 4.78 is 1.64. The third-order valence-corrected chi connectivity index (χ3v) is 3.46. The van der Waals surface area contributed by atoms with Crippen molar-refractivity contribution in [3.05, 3.63) is 27.6 Å². The predicted octanol–water partition coefficient (Wildman–Crippen LogP) is 1.47. The molecule has 0 aliphatic carbocycles. The van der Waals surface area contributed by atoms with Crippen molar-refractivity contribution >= 4 is 23.4 Å². The van der Waals surface area contributed by atoms with Crippen LogP contribution in [0.15, 0.2) is 16.1 Å². The van der Waals surface area contributed by atoms with E-state index in [4.69, 9.17) is 5.73 Å². The lowest BCUT2D eigenvalue weighted by atomic mass is 10.4. The number of nitrogen functional groups attached to an aromatic ring is 1. The zero-order valence-corrected chi connectivity index (χ0v) is 11.4. The highest BCUT2D eigenvalue weighted by atomic mass is 32.2. The van der Waals surface area contributed by atoms with Gasteiger partial charge in [-0.25, -0.2) is 4.98 Å². The molecule has 0 bridgehead atoms. The molecule has 0 aromatic carbocycles. The molecule has 100 valence electrons. The molecule has 2 N–H and O–H groups in total. The second kappa shape index (κ2) is 4.84. The molecule has 2 aromatic heterocycles. The molecule has 2 aromatic rings. The van der Waals surface area contributed by atoms with E-state index in [-0.39, 0.29) is 22.4 Å². The fourth-order valence-corrected chi connectivity index (χ4v) is 2.68. The summed E-state index contributed by atoms with van der Waals surface area (Å²) in [5.41, 5.74) is 6.49. The Labute approximate surface area is 113 Å². The maximum atomic E-state index is 11.1. The SMILES string of the molecule is Cc1cc(Sc2nc(N)nc(C)c2[N+](=O)[O-])n(C)n1. The summed E-state index contributed by atoms with van der Waals surface area (Å²) >= 11 is 1.15. The fraction of sp³-hybridized carbons (Fsp3) is 0.300. The lowest BCUT2D eigenvalue weighted by Gasteiger charge is -2.05. The summed E-state index contributed by atoms with van der Waals surface area (Å²) in [5.74, 6) is 0.0180. The Morgan fingerprint density at radius 2 is 2.11 bits per heavy atom. The van der Waals surface area contributed by atoms with Gasteiger partial charge in [-0.15, -0.1) is 0 Å². The first-order valence-corrected chi connectivity index (χ1v) is 6.17. The Kier molecular flexibility index (Phi) is 3.38.